The van der Waals surface area contributed by atoms with Crippen LogP contribution in [0, 0.1) is 0 Å². The van der Waals surface area contributed by atoms with E-state index < -0.39 is 0 Å². The molecular formula is C14H19NO3. The number of hydrogen-bond donors (Lipinski definition) is 0. The monoisotopic (exact) mass is 249 g/mol. The average molecular weight is 249 g/mol. The van der Waals surface area contributed by atoms with E-state index >= 15 is 0 Å². The molecule has 0 atom stereocenters. The predicted molar refractivity (Wildman–Crippen MR) is 69.1 cm³/mol. The number of benzene rings is 1. The van der Waals surface area contributed by atoms with E-state index in [-0.39, 0.29) is 5.91 Å². The summed E-state index contributed by atoms with van der Waals surface area (Å²) in [6, 6.07) is 5.79. The number of morpholine rings is 1. The van der Waals surface area contributed by atoms with Crippen LogP contribution in [0.4, 0.5) is 0 Å². The lowest BCUT2D eigenvalue weighted by Gasteiger charge is -2.27. The molecule has 0 radical (unpaired) electrons. The molecular weight excluding hydrogens is 230 g/mol. The molecule has 4 nitrogen and oxygen atoms in total. The summed E-state index contributed by atoms with van der Waals surface area (Å²) in [5, 5.41) is 0. The molecule has 18 heavy (non-hydrogen) atoms. The zero-order valence-corrected chi connectivity index (χ0v) is 10.9. The van der Waals surface area contributed by atoms with Crippen LogP contribution in [0.25, 0.3) is 0 Å². The lowest BCUT2D eigenvalue weighted by atomic mass is 10.1. The lowest BCUT2D eigenvalue weighted by Crippen LogP contribution is -2.40. The zero-order chi connectivity index (χ0) is 13.0. The van der Waals surface area contributed by atoms with Gasteiger partial charge in [-0.25, -0.2) is 0 Å². The Bertz CT molecular complexity index is 425. The fourth-order valence-electron chi connectivity index (χ4n) is 2.08. The molecule has 98 valence electrons. The van der Waals surface area contributed by atoms with Crippen LogP contribution in [-0.4, -0.2) is 44.2 Å². The van der Waals surface area contributed by atoms with Gasteiger partial charge in [0.15, 0.2) is 0 Å². The van der Waals surface area contributed by atoms with Crippen LogP contribution in [0.5, 0.6) is 5.75 Å². The first-order chi connectivity index (χ1) is 8.76. The summed E-state index contributed by atoms with van der Waals surface area (Å²) < 4.78 is 10.5. The zero-order valence-electron chi connectivity index (χ0n) is 10.9. The highest BCUT2D eigenvalue weighted by molar-refractivity contribution is 5.97. The molecule has 1 aliphatic rings. The Morgan fingerprint density at radius 3 is 2.72 bits per heavy atom. The van der Waals surface area contributed by atoms with Gasteiger partial charge >= 0.3 is 0 Å². The first kappa shape index (κ1) is 12.9. The second kappa shape index (κ2) is 5.87. The number of carbonyl (C=O) groups is 1. The summed E-state index contributed by atoms with van der Waals surface area (Å²) in [5.41, 5.74) is 1.80. The van der Waals surface area contributed by atoms with E-state index in [1.165, 1.54) is 0 Å². The first-order valence-electron chi connectivity index (χ1n) is 6.30. The summed E-state index contributed by atoms with van der Waals surface area (Å²) in [5.74, 6) is 0.675. The second-order valence-electron chi connectivity index (χ2n) is 4.29. The highest BCUT2D eigenvalue weighted by Gasteiger charge is 2.21. The minimum absolute atomic E-state index is 0.0328. The molecule has 1 aromatic carbocycles. The number of methoxy groups -OCH3 is 1. The number of ether oxygens (including phenoxy) is 2. The van der Waals surface area contributed by atoms with E-state index in [1.807, 2.05) is 23.1 Å². The Hall–Kier alpha value is -1.55. The van der Waals surface area contributed by atoms with Crippen molar-refractivity contribution in [3.05, 3.63) is 29.3 Å². The molecule has 4 heteroatoms. The number of amides is 1. The molecule has 1 saturated heterocycles. The van der Waals surface area contributed by atoms with Crippen LogP contribution in [0.1, 0.15) is 22.8 Å². The molecule has 1 aliphatic heterocycles. The molecule has 0 unspecified atom stereocenters. The Balaban J connectivity index is 2.26. The molecule has 0 bridgehead atoms. The van der Waals surface area contributed by atoms with Crippen molar-refractivity contribution in [1.29, 1.82) is 0 Å². The topological polar surface area (TPSA) is 38.8 Å². The normalized spacial score (nSPS) is 15.6. The molecule has 0 spiro atoms. The largest absolute Gasteiger partial charge is 0.496 e. The van der Waals surface area contributed by atoms with Crippen molar-refractivity contribution in [2.75, 3.05) is 33.4 Å². The molecule has 1 amide bonds. The smallest absolute Gasteiger partial charge is 0.257 e. The van der Waals surface area contributed by atoms with Gasteiger partial charge in [0.1, 0.15) is 5.75 Å². The second-order valence-corrected chi connectivity index (χ2v) is 4.29. The quantitative estimate of drug-likeness (QED) is 0.819. The van der Waals surface area contributed by atoms with Crippen LogP contribution >= 0.6 is 0 Å². The average Bonchev–Trinajstić information content (AvgIpc) is 2.46. The van der Waals surface area contributed by atoms with Crippen LogP contribution in [0.3, 0.4) is 0 Å². The number of rotatable bonds is 3. The first-order valence-corrected chi connectivity index (χ1v) is 6.30. The van der Waals surface area contributed by atoms with Crippen molar-refractivity contribution >= 4 is 5.91 Å². The maximum Gasteiger partial charge on any atom is 0.257 e. The van der Waals surface area contributed by atoms with E-state index in [0.29, 0.717) is 37.6 Å². The van der Waals surface area contributed by atoms with Crippen molar-refractivity contribution in [1.82, 2.24) is 4.90 Å². The van der Waals surface area contributed by atoms with E-state index in [1.54, 1.807) is 7.11 Å². The van der Waals surface area contributed by atoms with Gasteiger partial charge in [0, 0.05) is 13.1 Å². The van der Waals surface area contributed by atoms with Crippen molar-refractivity contribution < 1.29 is 14.3 Å². The third-order valence-electron chi connectivity index (χ3n) is 3.20. The molecule has 0 saturated carbocycles. The fraction of sp³-hybridized carbons (Fsp3) is 0.500. The van der Waals surface area contributed by atoms with E-state index in [2.05, 4.69) is 6.92 Å². The highest BCUT2D eigenvalue weighted by atomic mass is 16.5. The highest BCUT2D eigenvalue weighted by Crippen LogP contribution is 2.22. The van der Waals surface area contributed by atoms with Gasteiger partial charge in [-0.3, -0.25) is 4.79 Å². The minimum atomic E-state index is 0.0328. The van der Waals surface area contributed by atoms with Crippen LogP contribution < -0.4 is 4.74 Å². The summed E-state index contributed by atoms with van der Waals surface area (Å²) in [4.78, 5) is 14.3. The standard InChI is InChI=1S/C14H19NO3/c1-3-11-4-5-13(17-2)12(10-11)14(16)15-6-8-18-9-7-15/h4-5,10H,3,6-9H2,1-2H3. The molecule has 2 rings (SSSR count). The maximum atomic E-state index is 12.4. The Morgan fingerprint density at radius 2 is 2.11 bits per heavy atom. The van der Waals surface area contributed by atoms with Gasteiger partial charge in [-0.15, -0.1) is 0 Å². The SMILES string of the molecule is CCc1ccc(OC)c(C(=O)N2CCOCC2)c1. The number of aryl methyl sites for hydroxylation is 1. The van der Waals surface area contributed by atoms with Gasteiger partial charge in [-0.1, -0.05) is 13.0 Å². The summed E-state index contributed by atoms with van der Waals surface area (Å²) in [6.07, 6.45) is 0.910. The lowest BCUT2D eigenvalue weighted by molar-refractivity contribution is 0.0301. The van der Waals surface area contributed by atoms with Crippen LogP contribution in [-0.2, 0) is 11.2 Å². The molecule has 1 heterocycles. The Kier molecular flexibility index (Phi) is 4.20. The third kappa shape index (κ3) is 2.64. The maximum absolute atomic E-state index is 12.4. The number of carbonyl (C=O) groups excluding carboxylic acids is 1. The van der Waals surface area contributed by atoms with Gasteiger partial charge in [-0.2, -0.15) is 0 Å². The summed E-state index contributed by atoms with van der Waals surface area (Å²) >= 11 is 0. The van der Waals surface area contributed by atoms with Crippen molar-refractivity contribution in [3.63, 3.8) is 0 Å². The molecule has 1 fully saturated rings. The van der Waals surface area contributed by atoms with Crippen molar-refractivity contribution in [2.24, 2.45) is 0 Å². The summed E-state index contributed by atoms with van der Waals surface area (Å²) in [6.45, 7) is 4.60. The van der Waals surface area contributed by atoms with Gasteiger partial charge < -0.3 is 14.4 Å². The van der Waals surface area contributed by atoms with Crippen LogP contribution in [0.15, 0.2) is 18.2 Å². The molecule has 1 aromatic rings. The van der Waals surface area contributed by atoms with E-state index in [9.17, 15) is 4.79 Å². The van der Waals surface area contributed by atoms with Crippen LogP contribution in [0.2, 0.25) is 0 Å². The van der Waals surface area contributed by atoms with E-state index in [0.717, 1.165) is 12.0 Å². The minimum Gasteiger partial charge on any atom is -0.496 e. The number of nitrogens with zero attached hydrogens (tertiary/aromatic N) is 1. The van der Waals surface area contributed by atoms with Crippen molar-refractivity contribution in [2.45, 2.75) is 13.3 Å². The molecule has 0 N–H and O–H groups in total. The molecule has 0 aliphatic carbocycles. The Morgan fingerprint density at radius 1 is 1.39 bits per heavy atom. The molecule has 0 aromatic heterocycles. The fourth-order valence-corrected chi connectivity index (χ4v) is 2.08. The predicted octanol–water partition coefficient (Wildman–Crippen LogP) is 1.73. The van der Waals surface area contributed by atoms with Gasteiger partial charge in [0.05, 0.1) is 25.9 Å². The van der Waals surface area contributed by atoms with E-state index in [4.69, 9.17) is 9.47 Å². The van der Waals surface area contributed by atoms with Gasteiger partial charge in [0.2, 0.25) is 0 Å². The Labute approximate surface area is 107 Å². The summed E-state index contributed by atoms with van der Waals surface area (Å²) in [7, 11) is 1.59. The number of hydrogen-bond acceptors (Lipinski definition) is 3. The van der Waals surface area contributed by atoms with Crippen molar-refractivity contribution in [3.8, 4) is 5.75 Å². The third-order valence-corrected chi connectivity index (χ3v) is 3.20. The van der Waals surface area contributed by atoms with Gasteiger partial charge in [-0.05, 0) is 24.1 Å². The van der Waals surface area contributed by atoms with Gasteiger partial charge in [0.25, 0.3) is 5.91 Å².